The highest BCUT2D eigenvalue weighted by molar-refractivity contribution is 6.31. The molecule has 0 aliphatic rings. The zero-order chi connectivity index (χ0) is 14.7. The van der Waals surface area contributed by atoms with Gasteiger partial charge in [-0.25, -0.2) is 4.39 Å². The first-order valence-corrected chi connectivity index (χ1v) is 6.86. The molecule has 3 heteroatoms. The second kappa shape index (κ2) is 6.19. The van der Waals surface area contributed by atoms with Gasteiger partial charge in [-0.15, -0.1) is 0 Å². The number of carbonyl (C=O) groups excluding carboxylic acids is 1. The van der Waals surface area contributed by atoms with Gasteiger partial charge in [-0.2, -0.15) is 0 Å². The molecule has 0 unspecified atom stereocenters. The van der Waals surface area contributed by atoms with E-state index in [1.54, 1.807) is 12.1 Å². The summed E-state index contributed by atoms with van der Waals surface area (Å²) in [4.78, 5) is 12.1. The maximum absolute atomic E-state index is 13.3. The van der Waals surface area contributed by atoms with Crippen LogP contribution in [0.1, 0.15) is 22.3 Å². The van der Waals surface area contributed by atoms with Crippen molar-refractivity contribution in [3.8, 4) is 0 Å². The summed E-state index contributed by atoms with van der Waals surface area (Å²) in [6, 6.07) is 10.5. The Morgan fingerprint density at radius 3 is 2.55 bits per heavy atom. The number of benzene rings is 2. The van der Waals surface area contributed by atoms with Crippen molar-refractivity contribution < 1.29 is 9.18 Å². The molecule has 0 aliphatic heterocycles. The third kappa shape index (κ3) is 3.45. The summed E-state index contributed by atoms with van der Waals surface area (Å²) in [5.74, 6) is -0.455. The van der Waals surface area contributed by atoms with Crippen LogP contribution in [-0.4, -0.2) is 5.78 Å². The van der Waals surface area contributed by atoms with E-state index in [4.69, 9.17) is 11.6 Å². The maximum atomic E-state index is 13.3. The van der Waals surface area contributed by atoms with E-state index in [0.29, 0.717) is 12.0 Å². The maximum Gasteiger partial charge on any atom is 0.142 e. The molecular formula is C17H16ClFO. The predicted octanol–water partition coefficient (Wildman–Crippen LogP) is 4.45. The van der Waals surface area contributed by atoms with Crippen LogP contribution in [0.5, 0.6) is 0 Å². The molecule has 0 aromatic heterocycles. The van der Waals surface area contributed by atoms with Crippen LogP contribution in [0.2, 0.25) is 5.02 Å². The molecule has 0 atom stereocenters. The van der Waals surface area contributed by atoms with Crippen molar-refractivity contribution in [1.29, 1.82) is 0 Å². The van der Waals surface area contributed by atoms with Gasteiger partial charge in [-0.1, -0.05) is 41.9 Å². The van der Waals surface area contributed by atoms with Crippen molar-refractivity contribution in [3.05, 3.63) is 69.5 Å². The van der Waals surface area contributed by atoms with Crippen molar-refractivity contribution in [1.82, 2.24) is 0 Å². The van der Waals surface area contributed by atoms with Crippen LogP contribution in [0.3, 0.4) is 0 Å². The predicted molar refractivity (Wildman–Crippen MR) is 79.7 cm³/mol. The summed E-state index contributed by atoms with van der Waals surface area (Å²) in [5, 5.41) is 0.0425. The van der Waals surface area contributed by atoms with Crippen LogP contribution in [0.15, 0.2) is 36.4 Å². The largest absolute Gasteiger partial charge is 0.299 e. The minimum atomic E-state index is -0.483. The van der Waals surface area contributed by atoms with Gasteiger partial charge < -0.3 is 0 Å². The molecule has 20 heavy (non-hydrogen) atoms. The summed E-state index contributed by atoms with van der Waals surface area (Å²) >= 11 is 5.86. The molecule has 0 radical (unpaired) electrons. The zero-order valence-electron chi connectivity index (χ0n) is 11.5. The van der Waals surface area contributed by atoms with Crippen LogP contribution in [0.4, 0.5) is 4.39 Å². The lowest BCUT2D eigenvalue weighted by atomic mass is 9.99. The van der Waals surface area contributed by atoms with E-state index >= 15 is 0 Å². The third-order valence-electron chi connectivity index (χ3n) is 3.39. The first kappa shape index (κ1) is 14.7. The minimum Gasteiger partial charge on any atom is -0.299 e. The Labute approximate surface area is 123 Å². The van der Waals surface area contributed by atoms with E-state index < -0.39 is 5.82 Å². The SMILES string of the molecule is Cc1ccc(CC(=O)Cc2cccc(F)c2Cl)cc1C. The molecule has 0 saturated carbocycles. The quantitative estimate of drug-likeness (QED) is 0.813. The molecule has 1 nitrogen and oxygen atoms in total. The Bertz CT molecular complexity index is 649. The van der Waals surface area contributed by atoms with Gasteiger partial charge in [0.25, 0.3) is 0 Å². The lowest BCUT2D eigenvalue weighted by Crippen LogP contribution is -2.07. The smallest absolute Gasteiger partial charge is 0.142 e. The number of carbonyl (C=O) groups is 1. The molecule has 0 spiro atoms. The minimum absolute atomic E-state index is 0.0285. The normalized spacial score (nSPS) is 10.6. The second-order valence-electron chi connectivity index (χ2n) is 5.02. The van der Waals surface area contributed by atoms with Crippen molar-refractivity contribution in [3.63, 3.8) is 0 Å². The molecule has 0 fully saturated rings. The average Bonchev–Trinajstić information content (AvgIpc) is 2.39. The Balaban J connectivity index is 2.09. The highest BCUT2D eigenvalue weighted by Gasteiger charge is 2.11. The number of aryl methyl sites for hydroxylation is 2. The second-order valence-corrected chi connectivity index (χ2v) is 5.40. The fraction of sp³-hybridized carbons (Fsp3) is 0.235. The standard InChI is InChI=1S/C17H16ClFO/c1-11-6-7-13(8-12(11)2)9-15(20)10-14-4-3-5-16(19)17(14)18/h3-8H,9-10H2,1-2H3. The molecule has 0 saturated heterocycles. The van der Waals surface area contributed by atoms with Crippen molar-refractivity contribution in [2.75, 3.05) is 0 Å². The summed E-state index contributed by atoms with van der Waals surface area (Å²) < 4.78 is 13.3. The molecule has 0 amide bonds. The number of hydrogen-bond donors (Lipinski definition) is 0. The molecule has 0 N–H and O–H groups in total. The number of ketones is 1. The molecule has 0 bridgehead atoms. The monoisotopic (exact) mass is 290 g/mol. The highest BCUT2D eigenvalue weighted by atomic mass is 35.5. The molecule has 2 aromatic rings. The van der Waals surface area contributed by atoms with Crippen LogP contribution in [-0.2, 0) is 17.6 Å². The average molecular weight is 291 g/mol. The van der Waals surface area contributed by atoms with Crippen molar-refractivity contribution in [2.45, 2.75) is 26.7 Å². The van der Waals surface area contributed by atoms with Crippen molar-refractivity contribution >= 4 is 17.4 Å². The molecular weight excluding hydrogens is 275 g/mol. The zero-order valence-corrected chi connectivity index (χ0v) is 12.3. The number of hydrogen-bond acceptors (Lipinski definition) is 1. The van der Waals surface area contributed by atoms with Gasteiger partial charge in [0.1, 0.15) is 11.6 Å². The van der Waals surface area contributed by atoms with Gasteiger partial charge in [0.2, 0.25) is 0 Å². The van der Waals surface area contributed by atoms with Gasteiger partial charge in [0.05, 0.1) is 5.02 Å². The van der Waals surface area contributed by atoms with E-state index in [-0.39, 0.29) is 17.2 Å². The number of rotatable bonds is 4. The van der Waals surface area contributed by atoms with Crippen LogP contribution in [0, 0.1) is 19.7 Å². The van der Waals surface area contributed by atoms with E-state index in [9.17, 15) is 9.18 Å². The van der Waals surface area contributed by atoms with E-state index in [2.05, 4.69) is 0 Å². The topological polar surface area (TPSA) is 17.1 Å². The Hall–Kier alpha value is -1.67. The summed E-state index contributed by atoms with van der Waals surface area (Å²) in [7, 11) is 0. The fourth-order valence-electron chi connectivity index (χ4n) is 2.10. The van der Waals surface area contributed by atoms with Crippen LogP contribution < -0.4 is 0 Å². The van der Waals surface area contributed by atoms with Crippen molar-refractivity contribution in [2.24, 2.45) is 0 Å². The summed E-state index contributed by atoms with van der Waals surface area (Å²) in [5.41, 5.74) is 3.89. The van der Waals surface area contributed by atoms with Crippen LogP contribution >= 0.6 is 11.6 Å². The van der Waals surface area contributed by atoms with E-state index in [1.165, 1.54) is 17.2 Å². The first-order valence-electron chi connectivity index (χ1n) is 6.48. The summed E-state index contributed by atoms with van der Waals surface area (Å²) in [6.45, 7) is 4.06. The molecule has 0 aliphatic carbocycles. The Kier molecular flexibility index (Phi) is 4.56. The highest BCUT2D eigenvalue weighted by Crippen LogP contribution is 2.21. The first-order chi connectivity index (χ1) is 9.47. The number of halogens is 2. The molecule has 2 rings (SSSR count). The lowest BCUT2D eigenvalue weighted by Gasteiger charge is -2.06. The lowest BCUT2D eigenvalue weighted by molar-refractivity contribution is -0.117. The van der Waals surface area contributed by atoms with Crippen LogP contribution in [0.25, 0.3) is 0 Å². The van der Waals surface area contributed by atoms with Gasteiger partial charge >= 0.3 is 0 Å². The Morgan fingerprint density at radius 2 is 1.85 bits per heavy atom. The van der Waals surface area contributed by atoms with E-state index in [1.807, 2.05) is 32.0 Å². The molecule has 2 aromatic carbocycles. The third-order valence-corrected chi connectivity index (χ3v) is 3.82. The fourth-order valence-corrected chi connectivity index (χ4v) is 2.29. The Morgan fingerprint density at radius 1 is 1.10 bits per heavy atom. The van der Waals surface area contributed by atoms with E-state index in [0.717, 1.165) is 5.56 Å². The van der Waals surface area contributed by atoms with Gasteiger partial charge in [-0.05, 0) is 42.2 Å². The van der Waals surface area contributed by atoms with Gasteiger partial charge in [0, 0.05) is 12.8 Å². The number of Topliss-reactive ketones (excluding diaryl/α,β-unsaturated/α-hetero) is 1. The van der Waals surface area contributed by atoms with Gasteiger partial charge in [0.15, 0.2) is 0 Å². The van der Waals surface area contributed by atoms with Gasteiger partial charge in [-0.3, -0.25) is 4.79 Å². The molecule has 0 heterocycles. The molecule has 104 valence electrons. The summed E-state index contributed by atoms with van der Waals surface area (Å²) in [6.07, 6.45) is 0.497.